The highest BCUT2D eigenvalue weighted by molar-refractivity contribution is 6.57. The smallest absolute Gasteiger partial charge is 0.448 e. The SMILES string of the molecule is O=c1cccnn1C[B-](F)(F)F. The second kappa shape index (κ2) is 3.00. The minimum Gasteiger partial charge on any atom is -0.448 e. The standard InChI is InChI=1S/C5H5BF3N2O/c7-6(8,9)4-11-5(12)2-1-3-10-11/h1-3H,4H2/q-1. The molecule has 0 aliphatic carbocycles. The van der Waals surface area contributed by atoms with Gasteiger partial charge in [-0.15, -0.1) is 0 Å². The van der Waals surface area contributed by atoms with Crippen LogP contribution in [0.4, 0.5) is 12.9 Å². The molecule has 0 radical (unpaired) electrons. The van der Waals surface area contributed by atoms with Crippen LogP contribution in [0.1, 0.15) is 0 Å². The zero-order chi connectivity index (χ0) is 9.19. The van der Waals surface area contributed by atoms with E-state index in [1.807, 2.05) is 0 Å². The van der Waals surface area contributed by atoms with E-state index < -0.39 is 19.0 Å². The fourth-order valence-electron chi connectivity index (χ4n) is 0.720. The van der Waals surface area contributed by atoms with Gasteiger partial charge in [0.25, 0.3) is 5.56 Å². The minimum absolute atomic E-state index is 0.389. The van der Waals surface area contributed by atoms with Gasteiger partial charge in [0, 0.05) is 18.7 Å². The van der Waals surface area contributed by atoms with Crippen LogP contribution < -0.4 is 5.56 Å². The first-order valence-electron chi connectivity index (χ1n) is 3.22. The van der Waals surface area contributed by atoms with E-state index in [0.717, 1.165) is 12.3 Å². The van der Waals surface area contributed by atoms with E-state index in [4.69, 9.17) is 0 Å². The number of aromatic nitrogens is 2. The highest BCUT2D eigenvalue weighted by Crippen LogP contribution is 2.08. The number of hydrogen-bond donors (Lipinski definition) is 0. The van der Waals surface area contributed by atoms with Gasteiger partial charge in [0.2, 0.25) is 0 Å². The van der Waals surface area contributed by atoms with Gasteiger partial charge in [-0.1, -0.05) is 0 Å². The molecule has 0 atom stereocenters. The second-order valence-electron chi connectivity index (χ2n) is 2.25. The topological polar surface area (TPSA) is 34.9 Å². The summed E-state index contributed by atoms with van der Waals surface area (Å²) in [7, 11) is 0. The number of rotatable bonds is 2. The molecule has 12 heavy (non-hydrogen) atoms. The summed E-state index contributed by atoms with van der Waals surface area (Å²) in [6.45, 7) is -5.00. The third-order valence-corrected chi connectivity index (χ3v) is 1.17. The van der Waals surface area contributed by atoms with Crippen molar-refractivity contribution in [3.63, 3.8) is 0 Å². The first-order valence-corrected chi connectivity index (χ1v) is 3.22. The summed E-state index contributed by atoms with van der Waals surface area (Å²) in [5, 5.41) is 3.26. The predicted molar refractivity (Wildman–Crippen MR) is 37.6 cm³/mol. The highest BCUT2D eigenvalue weighted by atomic mass is 19.4. The molecule has 0 amide bonds. The maximum Gasteiger partial charge on any atom is 0.499 e. The molecule has 1 heterocycles. The Kier molecular flexibility index (Phi) is 2.21. The van der Waals surface area contributed by atoms with Gasteiger partial charge in [-0.3, -0.25) is 9.48 Å². The van der Waals surface area contributed by atoms with Crippen molar-refractivity contribution in [2.45, 2.75) is 6.44 Å². The zero-order valence-corrected chi connectivity index (χ0v) is 5.95. The molecule has 0 bridgehead atoms. The van der Waals surface area contributed by atoms with Gasteiger partial charge in [-0.05, 0) is 6.07 Å². The van der Waals surface area contributed by atoms with Crippen LogP contribution in [-0.4, -0.2) is 16.8 Å². The zero-order valence-electron chi connectivity index (χ0n) is 5.95. The molecule has 0 saturated heterocycles. The lowest BCUT2D eigenvalue weighted by atomic mass is 9.93. The maximum absolute atomic E-state index is 11.8. The molecule has 3 nitrogen and oxygen atoms in total. The summed E-state index contributed by atoms with van der Waals surface area (Å²) in [5.74, 6) is 0. The van der Waals surface area contributed by atoms with Gasteiger partial charge in [0.05, 0.1) is 0 Å². The summed E-state index contributed by atoms with van der Waals surface area (Å²) < 4.78 is 35.7. The molecular formula is C5H5BF3N2O-. The van der Waals surface area contributed by atoms with Crippen LogP contribution >= 0.6 is 0 Å². The Morgan fingerprint density at radius 1 is 1.50 bits per heavy atom. The summed E-state index contributed by atoms with van der Waals surface area (Å²) in [6.07, 6.45) is -0.136. The predicted octanol–water partition coefficient (Wildman–Crippen LogP) is 0.630. The number of nitrogens with zero attached hydrogens (tertiary/aromatic N) is 2. The normalized spacial score (nSPS) is 11.6. The van der Waals surface area contributed by atoms with Gasteiger partial charge in [0.15, 0.2) is 0 Å². The van der Waals surface area contributed by atoms with Crippen LogP contribution in [0.25, 0.3) is 0 Å². The van der Waals surface area contributed by atoms with Gasteiger partial charge in [0.1, 0.15) is 0 Å². The van der Waals surface area contributed by atoms with Gasteiger partial charge in [-0.2, -0.15) is 5.10 Å². The summed E-state index contributed by atoms with van der Waals surface area (Å²) in [6, 6.07) is 2.33. The van der Waals surface area contributed by atoms with Crippen LogP contribution in [0, 0.1) is 0 Å². The Bertz CT molecular complexity index is 321. The molecule has 1 aromatic heterocycles. The van der Waals surface area contributed by atoms with Crippen molar-refractivity contribution in [3.8, 4) is 0 Å². The van der Waals surface area contributed by atoms with Crippen molar-refractivity contribution in [2.75, 3.05) is 0 Å². The molecule has 0 spiro atoms. The summed E-state index contributed by atoms with van der Waals surface area (Å²) >= 11 is 0. The maximum atomic E-state index is 11.8. The van der Waals surface area contributed by atoms with Crippen molar-refractivity contribution < 1.29 is 12.9 Å². The molecule has 7 heteroatoms. The third-order valence-electron chi connectivity index (χ3n) is 1.17. The summed E-state index contributed by atoms with van der Waals surface area (Å²) in [5.41, 5.74) is -0.739. The molecular weight excluding hydrogens is 172 g/mol. The molecule has 0 N–H and O–H groups in total. The fourth-order valence-corrected chi connectivity index (χ4v) is 0.720. The molecule has 0 aliphatic rings. The van der Waals surface area contributed by atoms with E-state index in [2.05, 4.69) is 5.10 Å². The van der Waals surface area contributed by atoms with Crippen molar-refractivity contribution >= 4 is 6.98 Å². The number of halogens is 3. The lowest BCUT2D eigenvalue weighted by molar-refractivity contribution is 0.430. The average molecular weight is 177 g/mol. The molecule has 0 aliphatic heterocycles. The van der Waals surface area contributed by atoms with Crippen LogP contribution in [-0.2, 0) is 6.44 Å². The van der Waals surface area contributed by atoms with Gasteiger partial charge >= 0.3 is 6.98 Å². The Morgan fingerprint density at radius 2 is 2.17 bits per heavy atom. The molecule has 1 rings (SSSR count). The molecule has 1 aromatic rings. The molecule has 0 unspecified atom stereocenters. The van der Waals surface area contributed by atoms with Crippen LogP contribution in [0.3, 0.4) is 0 Å². The monoisotopic (exact) mass is 177 g/mol. The van der Waals surface area contributed by atoms with Crippen LogP contribution in [0.5, 0.6) is 0 Å². The van der Waals surface area contributed by atoms with Crippen molar-refractivity contribution in [1.82, 2.24) is 9.78 Å². The molecule has 0 aromatic carbocycles. The molecule has 66 valence electrons. The minimum atomic E-state index is -5.00. The Labute approximate surface area is 65.9 Å². The van der Waals surface area contributed by atoms with Crippen molar-refractivity contribution in [1.29, 1.82) is 0 Å². The van der Waals surface area contributed by atoms with Crippen LogP contribution in [0.15, 0.2) is 23.1 Å². The van der Waals surface area contributed by atoms with Crippen molar-refractivity contribution in [2.24, 2.45) is 0 Å². The lowest BCUT2D eigenvalue weighted by Gasteiger charge is -2.13. The Hall–Kier alpha value is -1.27. The average Bonchev–Trinajstić information content (AvgIpc) is 1.91. The van der Waals surface area contributed by atoms with Crippen molar-refractivity contribution in [3.05, 3.63) is 28.7 Å². The van der Waals surface area contributed by atoms with E-state index in [1.165, 1.54) is 6.07 Å². The summed E-state index contributed by atoms with van der Waals surface area (Å²) in [4.78, 5) is 10.7. The first kappa shape index (κ1) is 8.83. The highest BCUT2D eigenvalue weighted by Gasteiger charge is 2.24. The lowest BCUT2D eigenvalue weighted by Crippen LogP contribution is -2.32. The first-order chi connectivity index (χ1) is 5.49. The van der Waals surface area contributed by atoms with E-state index in [1.54, 1.807) is 0 Å². The van der Waals surface area contributed by atoms with Gasteiger partial charge in [-0.25, -0.2) is 0 Å². The fraction of sp³-hybridized carbons (Fsp3) is 0.200. The van der Waals surface area contributed by atoms with E-state index in [0.29, 0.717) is 4.68 Å². The third kappa shape index (κ3) is 2.41. The van der Waals surface area contributed by atoms with E-state index in [-0.39, 0.29) is 0 Å². The van der Waals surface area contributed by atoms with Crippen LogP contribution in [0.2, 0.25) is 0 Å². The molecule has 0 fully saturated rings. The van der Waals surface area contributed by atoms with Gasteiger partial charge < -0.3 is 12.9 Å². The largest absolute Gasteiger partial charge is 0.499 e. The molecule has 0 saturated carbocycles. The Morgan fingerprint density at radius 3 is 2.67 bits per heavy atom. The Balaban J connectivity index is 2.91. The van der Waals surface area contributed by atoms with E-state index in [9.17, 15) is 17.7 Å². The number of hydrogen-bond acceptors (Lipinski definition) is 2. The quantitative estimate of drug-likeness (QED) is 0.620. The van der Waals surface area contributed by atoms with E-state index >= 15 is 0 Å². The second-order valence-corrected chi connectivity index (χ2v) is 2.25.